The van der Waals surface area contributed by atoms with Gasteiger partial charge in [0, 0.05) is 11.1 Å². The van der Waals surface area contributed by atoms with E-state index < -0.39 is 46.7 Å². The largest absolute Gasteiger partial charge is 0.507 e. The zero-order chi connectivity index (χ0) is 24.7. The van der Waals surface area contributed by atoms with Gasteiger partial charge >= 0.3 is 11.9 Å². The van der Waals surface area contributed by atoms with Crippen molar-refractivity contribution in [2.75, 3.05) is 12.0 Å². The van der Waals surface area contributed by atoms with Gasteiger partial charge in [-0.25, -0.2) is 18.6 Å². The average Bonchev–Trinajstić information content (AvgIpc) is 3.32. The number of aliphatic hydroxyl groups is 1. The first-order valence-electron chi connectivity index (χ1n) is 10.0. The molecule has 0 bridgehead atoms. The number of ether oxygens (including phenoxy) is 1. The van der Waals surface area contributed by atoms with Gasteiger partial charge in [0.05, 0.1) is 18.4 Å². The number of aryl methyl sites for hydroxylation is 2. The third kappa shape index (κ3) is 3.75. The molecule has 1 aromatic heterocycles. The van der Waals surface area contributed by atoms with Crippen LogP contribution < -0.4 is 4.90 Å². The highest BCUT2D eigenvalue weighted by Crippen LogP contribution is 2.44. The Hall–Kier alpha value is -3.92. The summed E-state index contributed by atoms with van der Waals surface area (Å²) in [6, 6.07) is 7.88. The summed E-state index contributed by atoms with van der Waals surface area (Å²) in [7, 11) is 1.19. The maximum Gasteiger partial charge on any atom is 0.350 e. The lowest BCUT2D eigenvalue weighted by molar-refractivity contribution is -0.132. The van der Waals surface area contributed by atoms with E-state index in [9.17, 15) is 28.3 Å². The number of carbonyl (C=O) groups is 3. The zero-order valence-electron chi connectivity index (χ0n) is 18.3. The van der Waals surface area contributed by atoms with Crippen LogP contribution in [0.15, 0.2) is 48.0 Å². The molecule has 1 saturated heterocycles. The number of nitrogens with zero attached hydrogens (tertiary/aromatic N) is 2. The van der Waals surface area contributed by atoms with Crippen LogP contribution in [-0.4, -0.2) is 34.9 Å². The molecule has 1 aliphatic heterocycles. The molecule has 0 aliphatic carbocycles. The lowest BCUT2D eigenvalue weighted by Crippen LogP contribution is -2.29. The Balaban J connectivity index is 1.97. The van der Waals surface area contributed by atoms with Gasteiger partial charge in [-0.3, -0.25) is 14.5 Å². The van der Waals surface area contributed by atoms with Gasteiger partial charge in [0.1, 0.15) is 28.3 Å². The molecule has 174 valence electrons. The summed E-state index contributed by atoms with van der Waals surface area (Å²) in [4.78, 5) is 43.5. The smallest absolute Gasteiger partial charge is 0.350 e. The van der Waals surface area contributed by atoms with E-state index in [-0.39, 0.29) is 26.8 Å². The second-order valence-corrected chi connectivity index (χ2v) is 8.53. The summed E-state index contributed by atoms with van der Waals surface area (Å²) in [5.74, 6) is -4.88. The van der Waals surface area contributed by atoms with Crippen molar-refractivity contribution in [1.82, 2.24) is 4.98 Å². The van der Waals surface area contributed by atoms with E-state index in [0.717, 1.165) is 28.4 Å². The number of carbonyl (C=O) groups excluding carboxylic acids is 3. The molecule has 10 heteroatoms. The van der Waals surface area contributed by atoms with Crippen molar-refractivity contribution in [3.8, 4) is 0 Å². The molecule has 34 heavy (non-hydrogen) atoms. The van der Waals surface area contributed by atoms with Crippen molar-refractivity contribution < 1.29 is 33.0 Å². The van der Waals surface area contributed by atoms with Gasteiger partial charge in [-0.05, 0) is 31.5 Å². The van der Waals surface area contributed by atoms with Gasteiger partial charge in [-0.1, -0.05) is 41.7 Å². The minimum absolute atomic E-state index is 0.0481. The Labute approximate surface area is 196 Å². The third-order valence-electron chi connectivity index (χ3n) is 5.45. The number of hydrogen-bond acceptors (Lipinski definition) is 7. The van der Waals surface area contributed by atoms with E-state index in [1.807, 2.05) is 0 Å². The molecular weight excluding hydrogens is 466 g/mol. The van der Waals surface area contributed by atoms with Crippen LogP contribution in [0.25, 0.3) is 5.76 Å². The van der Waals surface area contributed by atoms with E-state index in [2.05, 4.69) is 4.98 Å². The number of hydrogen-bond donors (Lipinski definition) is 1. The number of aromatic nitrogens is 1. The second kappa shape index (κ2) is 8.79. The summed E-state index contributed by atoms with van der Waals surface area (Å²) in [6.45, 7) is 3.05. The van der Waals surface area contributed by atoms with Crippen LogP contribution in [0.1, 0.15) is 38.1 Å². The first-order valence-corrected chi connectivity index (χ1v) is 10.8. The quantitative estimate of drug-likeness (QED) is 0.254. The fraction of sp³-hybridized carbons (Fsp3) is 0.167. The molecule has 0 saturated carbocycles. The van der Waals surface area contributed by atoms with Crippen LogP contribution >= 0.6 is 11.3 Å². The molecule has 3 aromatic rings. The molecule has 7 nitrogen and oxygen atoms in total. The highest BCUT2D eigenvalue weighted by atomic mass is 32.1. The molecule has 0 radical (unpaired) electrons. The number of anilines is 1. The molecule has 1 N–H and O–H groups in total. The molecule has 1 amide bonds. The summed E-state index contributed by atoms with van der Waals surface area (Å²) >= 11 is 0.794. The Morgan fingerprint density at radius 2 is 1.82 bits per heavy atom. The fourth-order valence-corrected chi connectivity index (χ4v) is 4.70. The minimum Gasteiger partial charge on any atom is -0.507 e. The maximum absolute atomic E-state index is 14.9. The Morgan fingerprint density at radius 1 is 1.12 bits per heavy atom. The Bertz CT molecular complexity index is 1380. The van der Waals surface area contributed by atoms with Gasteiger partial charge in [-0.15, -0.1) is 0 Å². The van der Waals surface area contributed by atoms with Crippen LogP contribution in [0.4, 0.5) is 13.9 Å². The van der Waals surface area contributed by atoms with Gasteiger partial charge in [-0.2, -0.15) is 0 Å². The summed E-state index contributed by atoms with van der Waals surface area (Å²) in [5, 5.41) is 10.9. The van der Waals surface area contributed by atoms with E-state index in [1.165, 1.54) is 51.3 Å². The van der Waals surface area contributed by atoms with Gasteiger partial charge < -0.3 is 9.84 Å². The number of Topliss-reactive ketones (excluding diaryl/α,β-unsaturated/α-hetero) is 1. The highest BCUT2D eigenvalue weighted by Gasteiger charge is 2.49. The second-order valence-electron chi connectivity index (χ2n) is 7.56. The molecule has 1 aliphatic rings. The SMILES string of the molecule is COC(=O)c1sc(N2C(=O)C(=O)/C(=C(/O)c3ccc(C)c(F)c3)C2c2ccccc2F)nc1C. The number of ketones is 1. The van der Waals surface area contributed by atoms with Crippen LogP contribution in [0.3, 0.4) is 0 Å². The molecule has 1 unspecified atom stereocenters. The van der Waals surface area contributed by atoms with E-state index in [1.54, 1.807) is 0 Å². The predicted molar refractivity (Wildman–Crippen MR) is 121 cm³/mol. The summed E-state index contributed by atoms with van der Waals surface area (Å²) < 4.78 is 33.8. The molecule has 4 rings (SSSR count). The number of rotatable bonds is 4. The minimum atomic E-state index is -1.40. The molecule has 2 aromatic carbocycles. The normalized spacial score (nSPS) is 17.3. The number of methoxy groups -OCH3 is 1. The third-order valence-corrected chi connectivity index (χ3v) is 6.59. The van der Waals surface area contributed by atoms with Crippen molar-refractivity contribution in [2.45, 2.75) is 19.9 Å². The standard InChI is InChI=1S/C24H18F2N2O5S/c1-11-8-9-13(10-16(11)26)19(29)17-18(14-6-4-5-7-15(14)25)28(22(31)20(17)30)24-27-12(2)21(34-24)23(32)33-3/h4-10,18,29H,1-3H3/b19-17+. The molecule has 0 spiro atoms. The molecular formula is C24H18F2N2O5S. The van der Waals surface area contributed by atoms with Crippen LogP contribution in [0, 0.1) is 25.5 Å². The lowest BCUT2D eigenvalue weighted by atomic mass is 9.94. The predicted octanol–water partition coefficient (Wildman–Crippen LogP) is 4.45. The first kappa shape index (κ1) is 23.2. The number of thiazole rings is 1. The van der Waals surface area contributed by atoms with Crippen LogP contribution in [0.2, 0.25) is 0 Å². The topological polar surface area (TPSA) is 96.8 Å². The van der Waals surface area contributed by atoms with Gasteiger partial charge in [0.25, 0.3) is 5.78 Å². The average molecular weight is 484 g/mol. The van der Waals surface area contributed by atoms with Crippen LogP contribution in [0.5, 0.6) is 0 Å². The van der Waals surface area contributed by atoms with Crippen molar-refractivity contribution in [1.29, 1.82) is 0 Å². The zero-order valence-corrected chi connectivity index (χ0v) is 19.1. The summed E-state index contributed by atoms with van der Waals surface area (Å²) in [5.41, 5.74) is 0.0139. The van der Waals surface area contributed by atoms with Crippen molar-refractivity contribution in [3.05, 3.63) is 86.9 Å². The van der Waals surface area contributed by atoms with Crippen molar-refractivity contribution in [2.24, 2.45) is 0 Å². The lowest BCUT2D eigenvalue weighted by Gasteiger charge is -2.23. The molecule has 2 heterocycles. The first-order chi connectivity index (χ1) is 16.1. The van der Waals surface area contributed by atoms with Crippen molar-refractivity contribution >= 4 is 39.9 Å². The number of esters is 1. The maximum atomic E-state index is 14.9. The van der Waals surface area contributed by atoms with Gasteiger partial charge in [0.2, 0.25) is 0 Å². The van der Waals surface area contributed by atoms with Crippen LogP contribution in [-0.2, 0) is 14.3 Å². The summed E-state index contributed by atoms with van der Waals surface area (Å²) in [6.07, 6.45) is 0. The number of benzene rings is 2. The molecule has 1 atom stereocenters. The fourth-order valence-electron chi connectivity index (χ4n) is 3.68. The van der Waals surface area contributed by atoms with E-state index in [4.69, 9.17) is 4.74 Å². The Kier molecular flexibility index (Phi) is 6.01. The van der Waals surface area contributed by atoms with E-state index in [0.29, 0.717) is 5.56 Å². The number of aliphatic hydroxyl groups excluding tert-OH is 1. The number of amides is 1. The Morgan fingerprint density at radius 3 is 2.47 bits per heavy atom. The van der Waals surface area contributed by atoms with Crippen molar-refractivity contribution in [3.63, 3.8) is 0 Å². The van der Waals surface area contributed by atoms with Gasteiger partial charge in [0.15, 0.2) is 5.13 Å². The number of halogens is 2. The highest BCUT2D eigenvalue weighted by molar-refractivity contribution is 7.17. The molecule has 1 fully saturated rings. The van der Waals surface area contributed by atoms with E-state index >= 15 is 0 Å². The monoisotopic (exact) mass is 484 g/mol.